The standard InChI is InChI=1S/C30H33N5O5S/c1-6-7-25(29-19(2)14-27(41-29)24-10-8-21(18-32-24)17-31-12-13-37-4)39-22-9-11-23(26(16-22)38-5)33-30(36)34-28-15-20(3)40-35-28/h6-11,14-16,18,31H,1,12-13,17H2,2-5H3,(H2,33,34,35,36)/b25-7+. The number of nitrogens with zero attached hydrogens (tertiary/aromatic N) is 2. The van der Waals surface area contributed by atoms with Crippen LogP contribution in [0.5, 0.6) is 11.5 Å². The number of hydrogen-bond acceptors (Lipinski definition) is 9. The van der Waals surface area contributed by atoms with Crippen LogP contribution in [0.4, 0.5) is 16.3 Å². The molecule has 41 heavy (non-hydrogen) atoms. The van der Waals surface area contributed by atoms with Crippen LogP contribution in [0.1, 0.15) is 21.8 Å². The average molecular weight is 576 g/mol. The van der Waals surface area contributed by atoms with Crippen molar-refractivity contribution in [3.8, 4) is 22.1 Å². The van der Waals surface area contributed by atoms with E-state index in [1.54, 1.807) is 55.7 Å². The Labute approximate surface area is 243 Å². The Morgan fingerprint density at radius 2 is 1.98 bits per heavy atom. The van der Waals surface area contributed by atoms with Crippen LogP contribution in [-0.4, -0.2) is 43.5 Å². The highest BCUT2D eigenvalue weighted by atomic mass is 32.1. The van der Waals surface area contributed by atoms with E-state index in [2.05, 4.69) is 44.8 Å². The van der Waals surface area contributed by atoms with Gasteiger partial charge in [0, 0.05) is 38.5 Å². The van der Waals surface area contributed by atoms with Gasteiger partial charge in [-0.3, -0.25) is 10.3 Å². The zero-order valence-electron chi connectivity index (χ0n) is 23.4. The fourth-order valence-electron chi connectivity index (χ4n) is 3.86. The number of thiophene rings is 1. The summed E-state index contributed by atoms with van der Waals surface area (Å²) in [5, 5.41) is 12.4. The lowest BCUT2D eigenvalue weighted by atomic mass is 10.2. The molecule has 0 bridgehead atoms. The number of allylic oxidation sites excluding steroid dienone is 2. The van der Waals surface area contributed by atoms with Gasteiger partial charge in [-0.05, 0) is 55.3 Å². The summed E-state index contributed by atoms with van der Waals surface area (Å²) in [7, 11) is 3.21. The molecule has 1 aromatic carbocycles. The molecule has 0 fully saturated rings. The number of aryl methyl sites for hydroxylation is 2. The van der Waals surface area contributed by atoms with Crippen molar-refractivity contribution in [1.29, 1.82) is 0 Å². The predicted molar refractivity (Wildman–Crippen MR) is 162 cm³/mol. The van der Waals surface area contributed by atoms with Crippen LogP contribution in [0.3, 0.4) is 0 Å². The van der Waals surface area contributed by atoms with Crippen LogP contribution in [-0.2, 0) is 11.3 Å². The maximum absolute atomic E-state index is 12.4. The number of methoxy groups -OCH3 is 2. The van der Waals surface area contributed by atoms with Crippen molar-refractivity contribution < 1.29 is 23.5 Å². The molecular formula is C30H33N5O5S. The smallest absolute Gasteiger partial charge is 0.325 e. The summed E-state index contributed by atoms with van der Waals surface area (Å²) in [6.45, 7) is 9.81. The molecule has 0 radical (unpaired) electrons. The number of pyridine rings is 1. The number of anilines is 2. The van der Waals surface area contributed by atoms with Gasteiger partial charge < -0.3 is 29.4 Å². The molecule has 0 atom stereocenters. The van der Waals surface area contributed by atoms with Crippen LogP contribution in [0.2, 0.25) is 0 Å². The molecule has 0 aliphatic rings. The fraction of sp³-hybridized carbons (Fsp3) is 0.233. The SMILES string of the molecule is C=C/C=C(/Oc1ccc(NC(=O)Nc2cc(C)on2)c(OC)c1)c1sc(-c2ccc(CNCCOC)cn2)cc1C. The third kappa shape index (κ3) is 8.04. The highest BCUT2D eigenvalue weighted by Gasteiger charge is 2.16. The van der Waals surface area contributed by atoms with Crippen LogP contribution in [0.15, 0.2) is 71.9 Å². The normalized spacial score (nSPS) is 11.3. The van der Waals surface area contributed by atoms with E-state index in [0.29, 0.717) is 41.1 Å². The second-order valence-corrected chi connectivity index (χ2v) is 10.0. The van der Waals surface area contributed by atoms with E-state index in [-0.39, 0.29) is 0 Å². The van der Waals surface area contributed by atoms with Gasteiger partial charge in [-0.25, -0.2) is 4.79 Å². The third-order valence-corrected chi connectivity index (χ3v) is 7.09. The van der Waals surface area contributed by atoms with Gasteiger partial charge in [0.25, 0.3) is 0 Å². The van der Waals surface area contributed by atoms with Gasteiger partial charge in [-0.2, -0.15) is 0 Å². The van der Waals surface area contributed by atoms with Crippen molar-refractivity contribution in [2.24, 2.45) is 0 Å². The first-order chi connectivity index (χ1) is 19.9. The molecule has 10 nitrogen and oxygen atoms in total. The quantitative estimate of drug-likeness (QED) is 0.0951. The maximum Gasteiger partial charge on any atom is 0.325 e. The highest BCUT2D eigenvalue weighted by molar-refractivity contribution is 7.16. The van der Waals surface area contributed by atoms with Crippen molar-refractivity contribution in [2.75, 3.05) is 38.0 Å². The van der Waals surface area contributed by atoms with Crippen LogP contribution in [0.25, 0.3) is 16.3 Å². The van der Waals surface area contributed by atoms with Crippen LogP contribution < -0.4 is 25.4 Å². The van der Waals surface area contributed by atoms with Gasteiger partial charge in [0.15, 0.2) is 5.82 Å². The lowest BCUT2D eigenvalue weighted by Gasteiger charge is -2.14. The lowest BCUT2D eigenvalue weighted by Crippen LogP contribution is -2.20. The first kappa shape index (κ1) is 29.5. The molecule has 0 spiro atoms. The molecule has 214 valence electrons. The number of ether oxygens (including phenoxy) is 3. The molecule has 0 aliphatic heterocycles. The molecule has 2 amide bonds. The minimum Gasteiger partial charge on any atom is -0.494 e. The van der Waals surface area contributed by atoms with E-state index in [4.69, 9.17) is 18.7 Å². The summed E-state index contributed by atoms with van der Waals surface area (Å²) in [5.74, 6) is 2.49. The number of rotatable bonds is 13. The predicted octanol–water partition coefficient (Wildman–Crippen LogP) is 6.41. The summed E-state index contributed by atoms with van der Waals surface area (Å²) in [4.78, 5) is 19.1. The Kier molecular flexibility index (Phi) is 10.3. The van der Waals surface area contributed by atoms with E-state index < -0.39 is 6.03 Å². The van der Waals surface area contributed by atoms with Crippen molar-refractivity contribution >= 4 is 34.6 Å². The van der Waals surface area contributed by atoms with Crippen molar-refractivity contribution in [2.45, 2.75) is 20.4 Å². The molecule has 4 rings (SSSR count). The number of carbonyl (C=O) groups is 1. The first-order valence-electron chi connectivity index (χ1n) is 12.9. The van der Waals surface area contributed by atoms with Crippen LogP contribution in [0, 0.1) is 13.8 Å². The minimum atomic E-state index is -0.483. The number of nitrogens with one attached hydrogen (secondary N) is 3. The average Bonchev–Trinajstić information content (AvgIpc) is 3.56. The van der Waals surface area contributed by atoms with E-state index in [0.717, 1.165) is 39.7 Å². The number of hydrogen-bond donors (Lipinski definition) is 3. The summed E-state index contributed by atoms with van der Waals surface area (Å²) in [5.41, 5.74) is 3.51. The minimum absolute atomic E-state index is 0.310. The Bertz CT molecular complexity index is 1510. The van der Waals surface area contributed by atoms with E-state index >= 15 is 0 Å². The number of benzene rings is 1. The number of urea groups is 1. The molecular weight excluding hydrogens is 542 g/mol. The lowest BCUT2D eigenvalue weighted by molar-refractivity contribution is 0.199. The molecule has 3 aromatic heterocycles. The highest BCUT2D eigenvalue weighted by Crippen LogP contribution is 2.37. The third-order valence-electron chi connectivity index (χ3n) is 5.82. The molecule has 0 saturated heterocycles. The van der Waals surface area contributed by atoms with Crippen molar-refractivity contribution in [3.63, 3.8) is 0 Å². The molecule has 0 saturated carbocycles. The number of carbonyl (C=O) groups excluding carboxylic acids is 1. The first-order valence-corrected chi connectivity index (χ1v) is 13.7. The van der Waals surface area contributed by atoms with E-state index in [1.807, 2.05) is 25.3 Å². The fourth-order valence-corrected chi connectivity index (χ4v) is 4.97. The van der Waals surface area contributed by atoms with Gasteiger partial charge in [0.05, 0.1) is 34.9 Å². The monoisotopic (exact) mass is 575 g/mol. The molecule has 0 unspecified atom stereocenters. The second-order valence-electron chi connectivity index (χ2n) is 8.98. The largest absolute Gasteiger partial charge is 0.494 e. The topological polar surface area (TPSA) is 120 Å². The van der Waals surface area contributed by atoms with Gasteiger partial charge in [-0.1, -0.05) is 23.9 Å². The molecule has 3 heterocycles. The summed E-state index contributed by atoms with van der Waals surface area (Å²) in [6.07, 6.45) is 5.38. The summed E-state index contributed by atoms with van der Waals surface area (Å²) < 4.78 is 21.8. The Morgan fingerprint density at radius 3 is 2.66 bits per heavy atom. The Hall–Kier alpha value is -4.45. The van der Waals surface area contributed by atoms with E-state index in [1.165, 1.54) is 7.11 Å². The second kappa shape index (κ2) is 14.3. The molecule has 3 N–H and O–H groups in total. The molecule has 0 aliphatic carbocycles. The van der Waals surface area contributed by atoms with Gasteiger partial charge in [-0.15, -0.1) is 11.3 Å². The van der Waals surface area contributed by atoms with E-state index in [9.17, 15) is 4.79 Å². The van der Waals surface area contributed by atoms with Gasteiger partial charge in [0.2, 0.25) is 0 Å². The van der Waals surface area contributed by atoms with Gasteiger partial charge >= 0.3 is 6.03 Å². The zero-order valence-corrected chi connectivity index (χ0v) is 24.3. The van der Waals surface area contributed by atoms with Crippen molar-refractivity contribution in [3.05, 3.63) is 89.2 Å². The number of aromatic nitrogens is 2. The van der Waals surface area contributed by atoms with Crippen molar-refractivity contribution in [1.82, 2.24) is 15.5 Å². The number of amides is 2. The Balaban J connectivity index is 1.47. The summed E-state index contributed by atoms with van der Waals surface area (Å²) >= 11 is 1.59. The maximum atomic E-state index is 12.4. The summed E-state index contributed by atoms with van der Waals surface area (Å²) in [6, 6.07) is 12.5. The Morgan fingerprint density at radius 1 is 1.12 bits per heavy atom. The zero-order chi connectivity index (χ0) is 29.2. The molecule has 11 heteroatoms. The van der Waals surface area contributed by atoms with Crippen LogP contribution >= 0.6 is 11.3 Å². The molecule has 4 aromatic rings. The van der Waals surface area contributed by atoms with Gasteiger partial charge in [0.1, 0.15) is 23.0 Å².